The second kappa shape index (κ2) is 3.88. The molecule has 0 fully saturated rings. The van der Waals surface area contributed by atoms with Gasteiger partial charge in [0.1, 0.15) is 0 Å². The Balaban J connectivity index is 2.56. The lowest BCUT2D eigenvalue weighted by atomic mass is 10.2. The molecule has 1 aromatic carbocycles. The molecule has 0 aliphatic carbocycles. The number of hydrogen-bond acceptors (Lipinski definition) is 4. The van der Waals surface area contributed by atoms with Gasteiger partial charge in [0.05, 0.1) is 22.9 Å². The van der Waals surface area contributed by atoms with Crippen LogP contribution in [0, 0.1) is 0 Å². The largest absolute Gasteiger partial charge is 0.322 e. The molecule has 1 heterocycles. The number of carbonyl (C=O) groups is 1. The normalized spacial score (nSPS) is 17.9. The topological polar surface area (TPSA) is 80.5 Å². The lowest BCUT2D eigenvalue weighted by Gasteiger charge is -2.28. The van der Waals surface area contributed by atoms with E-state index in [0.717, 1.165) is 0 Å². The number of amides is 1. The maximum absolute atomic E-state index is 11.8. The summed E-state index contributed by atoms with van der Waals surface area (Å²) in [5, 5.41) is 0. The molecule has 1 aliphatic heterocycles. The molecule has 2 N–H and O–H groups in total. The average Bonchev–Trinajstić information content (AvgIpc) is 2.28. The van der Waals surface area contributed by atoms with Gasteiger partial charge in [0.2, 0.25) is 5.91 Å². The Hall–Kier alpha value is -1.40. The van der Waals surface area contributed by atoms with Crippen molar-refractivity contribution in [3.63, 3.8) is 0 Å². The zero-order chi connectivity index (χ0) is 11.8. The van der Waals surface area contributed by atoms with E-state index in [1.165, 1.54) is 11.0 Å². The van der Waals surface area contributed by atoms with Crippen LogP contribution in [0.5, 0.6) is 0 Å². The standard InChI is InChI=1S/C10H12N2O3S/c11-7-10(13)12-5-6-16(14,15)9-4-2-1-3-8(9)12/h1-4H,5-7,11H2. The van der Waals surface area contributed by atoms with Crippen molar-refractivity contribution >= 4 is 21.4 Å². The van der Waals surface area contributed by atoms with Crippen molar-refractivity contribution < 1.29 is 13.2 Å². The Bertz CT molecular complexity index is 525. The minimum atomic E-state index is -3.25. The molecule has 0 aromatic heterocycles. The van der Waals surface area contributed by atoms with Crippen LogP contribution in [0.25, 0.3) is 0 Å². The van der Waals surface area contributed by atoms with Gasteiger partial charge in [-0.3, -0.25) is 4.79 Å². The van der Waals surface area contributed by atoms with Gasteiger partial charge in [-0.15, -0.1) is 0 Å². The van der Waals surface area contributed by atoms with E-state index in [2.05, 4.69) is 0 Å². The number of fused-ring (bicyclic) bond motifs is 1. The predicted molar refractivity (Wildman–Crippen MR) is 59.9 cm³/mol. The Morgan fingerprint density at radius 3 is 2.75 bits per heavy atom. The van der Waals surface area contributed by atoms with Crippen molar-refractivity contribution in [3.8, 4) is 0 Å². The fourth-order valence-electron chi connectivity index (χ4n) is 1.75. The van der Waals surface area contributed by atoms with Crippen LogP contribution in [0.2, 0.25) is 0 Å². The summed E-state index contributed by atoms with van der Waals surface area (Å²) < 4.78 is 23.5. The summed E-state index contributed by atoms with van der Waals surface area (Å²) in [7, 11) is -3.25. The third-order valence-electron chi connectivity index (χ3n) is 2.55. The van der Waals surface area contributed by atoms with Crippen LogP contribution in [-0.2, 0) is 14.6 Å². The van der Waals surface area contributed by atoms with E-state index in [9.17, 15) is 13.2 Å². The van der Waals surface area contributed by atoms with Gasteiger partial charge >= 0.3 is 0 Å². The van der Waals surface area contributed by atoms with Crippen molar-refractivity contribution in [2.45, 2.75) is 4.90 Å². The van der Waals surface area contributed by atoms with E-state index in [0.29, 0.717) is 5.69 Å². The van der Waals surface area contributed by atoms with Gasteiger partial charge in [0, 0.05) is 6.54 Å². The fraction of sp³-hybridized carbons (Fsp3) is 0.300. The quantitative estimate of drug-likeness (QED) is 0.735. The molecule has 1 aliphatic rings. The molecule has 6 heteroatoms. The highest BCUT2D eigenvalue weighted by Crippen LogP contribution is 2.29. The number of anilines is 1. The molecule has 1 amide bonds. The molecule has 86 valence electrons. The Morgan fingerprint density at radius 2 is 2.06 bits per heavy atom. The van der Waals surface area contributed by atoms with E-state index >= 15 is 0 Å². The maximum atomic E-state index is 11.8. The van der Waals surface area contributed by atoms with Crippen LogP contribution in [-0.4, -0.2) is 33.2 Å². The van der Waals surface area contributed by atoms with Crippen LogP contribution < -0.4 is 10.6 Å². The lowest BCUT2D eigenvalue weighted by Crippen LogP contribution is -2.42. The second-order valence-corrected chi connectivity index (χ2v) is 5.61. The third-order valence-corrected chi connectivity index (χ3v) is 4.29. The molecule has 1 aromatic rings. The molecular formula is C10H12N2O3S. The van der Waals surface area contributed by atoms with Gasteiger partial charge in [-0.1, -0.05) is 12.1 Å². The zero-order valence-corrected chi connectivity index (χ0v) is 9.40. The highest BCUT2D eigenvalue weighted by atomic mass is 32.2. The highest BCUT2D eigenvalue weighted by Gasteiger charge is 2.30. The van der Waals surface area contributed by atoms with Gasteiger partial charge in [-0.2, -0.15) is 0 Å². The average molecular weight is 240 g/mol. The van der Waals surface area contributed by atoms with Crippen LogP contribution >= 0.6 is 0 Å². The molecule has 0 saturated heterocycles. The van der Waals surface area contributed by atoms with Gasteiger partial charge in [0.25, 0.3) is 0 Å². The predicted octanol–water partition coefficient (Wildman–Crippen LogP) is -0.234. The van der Waals surface area contributed by atoms with E-state index in [4.69, 9.17) is 5.73 Å². The number of rotatable bonds is 1. The number of para-hydroxylation sites is 1. The molecule has 0 spiro atoms. The van der Waals surface area contributed by atoms with Crippen LogP contribution in [0.3, 0.4) is 0 Å². The molecule has 5 nitrogen and oxygen atoms in total. The molecule has 0 radical (unpaired) electrons. The Kier molecular flexibility index (Phi) is 2.69. The summed E-state index contributed by atoms with van der Waals surface area (Å²) >= 11 is 0. The minimum Gasteiger partial charge on any atom is -0.322 e. The van der Waals surface area contributed by atoms with E-state index in [-0.39, 0.29) is 29.6 Å². The SMILES string of the molecule is NCC(=O)N1CCS(=O)(=O)c2ccccc21. The fourth-order valence-corrected chi connectivity index (χ4v) is 3.18. The highest BCUT2D eigenvalue weighted by molar-refractivity contribution is 7.91. The smallest absolute Gasteiger partial charge is 0.240 e. The van der Waals surface area contributed by atoms with Crippen LogP contribution in [0.1, 0.15) is 0 Å². The number of carbonyl (C=O) groups excluding carboxylic acids is 1. The third kappa shape index (κ3) is 1.70. The van der Waals surface area contributed by atoms with Crippen molar-refractivity contribution in [2.75, 3.05) is 23.7 Å². The number of nitrogens with two attached hydrogens (primary N) is 1. The first-order chi connectivity index (χ1) is 7.56. The van der Waals surface area contributed by atoms with Crippen molar-refractivity contribution in [1.29, 1.82) is 0 Å². The van der Waals surface area contributed by atoms with Crippen molar-refractivity contribution in [2.24, 2.45) is 5.73 Å². The summed E-state index contributed by atoms with van der Waals surface area (Å²) in [5.74, 6) is -0.308. The number of benzene rings is 1. The number of hydrogen-bond donors (Lipinski definition) is 1. The molecule has 0 unspecified atom stereocenters. The Morgan fingerprint density at radius 1 is 1.38 bits per heavy atom. The van der Waals surface area contributed by atoms with Crippen LogP contribution in [0.15, 0.2) is 29.2 Å². The summed E-state index contributed by atoms with van der Waals surface area (Å²) in [6.45, 7) is 0.0593. The summed E-state index contributed by atoms with van der Waals surface area (Å²) in [6, 6.07) is 6.49. The maximum Gasteiger partial charge on any atom is 0.240 e. The van der Waals surface area contributed by atoms with E-state index < -0.39 is 9.84 Å². The van der Waals surface area contributed by atoms with E-state index in [1.54, 1.807) is 18.2 Å². The first kappa shape index (κ1) is 11.1. The molecule has 0 atom stereocenters. The number of nitrogens with zero attached hydrogens (tertiary/aromatic N) is 1. The molecule has 2 rings (SSSR count). The number of sulfone groups is 1. The minimum absolute atomic E-state index is 0.0459. The van der Waals surface area contributed by atoms with Gasteiger partial charge in [0.15, 0.2) is 9.84 Å². The van der Waals surface area contributed by atoms with Gasteiger partial charge in [-0.25, -0.2) is 8.42 Å². The summed E-state index contributed by atoms with van der Waals surface area (Å²) in [4.78, 5) is 13.2. The van der Waals surface area contributed by atoms with Gasteiger partial charge in [-0.05, 0) is 12.1 Å². The summed E-state index contributed by atoms with van der Waals surface area (Å²) in [5.41, 5.74) is 5.72. The van der Waals surface area contributed by atoms with Crippen molar-refractivity contribution in [1.82, 2.24) is 0 Å². The second-order valence-electron chi connectivity index (χ2n) is 3.54. The first-order valence-electron chi connectivity index (χ1n) is 4.88. The Labute approximate surface area is 93.8 Å². The van der Waals surface area contributed by atoms with Crippen LogP contribution in [0.4, 0.5) is 5.69 Å². The monoisotopic (exact) mass is 240 g/mol. The van der Waals surface area contributed by atoms with Gasteiger partial charge < -0.3 is 10.6 Å². The zero-order valence-electron chi connectivity index (χ0n) is 8.59. The molecule has 0 saturated carbocycles. The molecular weight excluding hydrogens is 228 g/mol. The van der Waals surface area contributed by atoms with E-state index in [1.807, 2.05) is 0 Å². The molecule has 16 heavy (non-hydrogen) atoms. The van der Waals surface area contributed by atoms with Crippen molar-refractivity contribution in [3.05, 3.63) is 24.3 Å². The molecule has 0 bridgehead atoms. The first-order valence-corrected chi connectivity index (χ1v) is 6.54. The summed E-state index contributed by atoms with van der Waals surface area (Å²) in [6.07, 6.45) is 0. The lowest BCUT2D eigenvalue weighted by molar-refractivity contribution is -0.117.